The molecule has 0 spiro atoms. The van der Waals surface area contributed by atoms with Gasteiger partial charge in [0.15, 0.2) is 22.7 Å². The molecule has 12 heteroatoms. The Kier molecular flexibility index (Phi) is 5.70. The van der Waals surface area contributed by atoms with Crippen LogP contribution < -0.4 is 20.5 Å². The number of fused-ring (bicyclic) bond motifs is 4. The molecule has 0 unspecified atom stereocenters. The minimum Gasteiger partial charge on any atom is -0.486 e. The highest BCUT2D eigenvalue weighted by Crippen LogP contribution is 2.32. The Balaban J connectivity index is 1.40. The van der Waals surface area contributed by atoms with E-state index in [1.54, 1.807) is 48.0 Å². The van der Waals surface area contributed by atoms with Crippen molar-refractivity contribution in [1.82, 2.24) is 24.5 Å². The van der Waals surface area contributed by atoms with Crippen LogP contribution >= 0.6 is 11.6 Å². The van der Waals surface area contributed by atoms with E-state index in [-0.39, 0.29) is 12.1 Å². The molecule has 0 radical (unpaired) electrons. The van der Waals surface area contributed by atoms with Gasteiger partial charge in [-0.15, -0.1) is 10.2 Å². The van der Waals surface area contributed by atoms with E-state index in [0.717, 1.165) is 10.2 Å². The molecule has 1 aliphatic rings. The first-order chi connectivity index (χ1) is 18.0. The second-order valence-corrected chi connectivity index (χ2v) is 8.66. The molecule has 4 heterocycles. The van der Waals surface area contributed by atoms with Crippen molar-refractivity contribution >= 4 is 34.2 Å². The average Bonchev–Trinajstić information content (AvgIpc) is 3.28. The van der Waals surface area contributed by atoms with Crippen LogP contribution in [0, 0.1) is 0 Å². The van der Waals surface area contributed by atoms with Crippen LogP contribution in [0.4, 0.5) is 0 Å². The van der Waals surface area contributed by atoms with Gasteiger partial charge in [0.05, 0.1) is 17.9 Å². The van der Waals surface area contributed by atoms with Crippen LogP contribution in [-0.4, -0.2) is 50.7 Å². The quantitative estimate of drug-likeness (QED) is 0.377. The molecule has 3 aromatic heterocycles. The van der Waals surface area contributed by atoms with Gasteiger partial charge in [-0.2, -0.15) is 5.10 Å². The zero-order valence-corrected chi connectivity index (χ0v) is 20.2. The summed E-state index contributed by atoms with van der Waals surface area (Å²) in [6.45, 7) is 1.06. The Morgan fingerprint density at radius 3 is 2.76 bits per heavy atom. The van der Waals surface area contributed by atoms with E-state index >= 15 is 0 Å². The number of halogens is 1. The van der Waals surface area contributed by atoms with Crippen molar-refractivity contribution in [3.8, 4) is 22.6 Å². The van der Waals surface area contributed by atoms with Crippen molar-refractivity contribution in [3.05, 3.63) is 81.4 Å². The summed E-state index contributed by atoms with van der Waals surface area (Å²) in [5.41, 5.74) is 5.33. The lowest BCUT2D eigenvalue weighted by molar-refractivity contribution is 0.101. The van der Waals surface area contributed by atoms with E-state index in [0.29, 0.717) is 57.7 Å². The van der Waals surface area contributed by atoms with Crippen LogP contribution in [0.2, 0.25) is 5.02 Å². The number of hydrogen-bond acceptors (Lipinski definition) is 8. The monoisotopic (exact) mass is 518 g/mol. The molecule has 1 N–H and O–H groups in total. The highest BCUT2D eigenvalue weighted by molar-refractivity contribution is 6.30. The molecular weight excluding hydrogens is 500 g/mol. The van der Waals surface area contributed by atoms with E-state index in [1.165, 1.54) is 6.20 Å². The van der Waals surface area contributed by atoms with Crippen molar-refractivity contribution in [3.63, 3.8) is 0 Å². The van der Waals surface area contributed by atoms with Crippen LogP contribution in [0.15, 0.2) is 59.5 Å². The minimum absolute atomic E-state index is 0.0292. The SMILES string of the molecule is COCc1nn2c(nnc3c(=O)n(NC(=O)c4ccc5c(c4)OCCO5)ccc32)c1-c1cccc(Cl)c1. The Morgan fingerprint density at radius 1 is 1.11 bits per heavy atom. The third-order valence-electron chi connectivity index (χ3n) is 5.87. The van der Waals surface area contributed by atoms with Crippen molar-refractivity contribution in [1.29, 1.82) is 0 Å². The van der Waals surface area contributed by atoms with Gasteiger partial charge in [-0.05, 0) is 42.0 Å². The molecule has 186 valence electrons. The summed E-state index contributed by atoms with van der Waals surface area (Å²) >= 11 is 6.21. The fourth-order valence-electron chi connectivity index (χ4n) is 4.22. The number of nitrogens with one attached hydrogen (secondary N) is 1. The third-order valence-corrected chi connectivity index (χ3v) is 6.11. The number of nitrogens with zero attached hydrogens (tertiary/aromatic N) is 5. The number of ether oxygens (including phenoxy) is 3. The molecule has 5 aromatic rings. The highest BCUT2D eigenvalue weighted by Gasteiger charge is 2.21. The molecule has 0 aliphatic carbocycles. The summed E-state index contributed by atoms with van der Waals surface area (Å²) < 4.78 is 19.0. The fraction of sp³-hybridized carbons (Fsp3) is 0.160. The van der Waals surface area contributed by atoms with Crippen LogP contribution in [0.3, 0.4) is 0 Å². The summed E-state index contributed by atoms with van der Waals surface area (Å²) in [6.07, 6.45) is 1.44. The number of methoxy groups -OCH3 is 1. The number of rotatable bonds is 5. The lowest BCUT2D eigenvalue weighted by Gasteiger charge is -2.18. The number of hydrogen-bond donors (Lipinski definition) is 1. The van der Waals surface area contributed by atoms with Crippen LogP contribution in [-0.2, 0) is 11.3 Å². The number of benzene rings is 2. The molecule has 1 aliphatic heterocycles. The normalized spacial score (nSPS) is 12.7. The third kappa shape index (κ3) is 4.03. The number of carbonyl (C=O) groups is 1. The zero-order chi connectivity index (χ0) is 25.5. The smallest absolute Gasteiger partial charge is 0.299 e. The maximum atomic E-state index is 13.2. The van der Waals surface area contributed by atoms with Gasteiger partial charge >= 0.3 is 0 Å². The second kappa shape index (κ2) is 9.19. The van der Waals surface area contributed by atoms with E-state index in [2.05, 4.69) is 20.7 Å². The number of carbonyl (C=O) groups excluding carboxylic acids is 1. The molecular formula is C25H19ClN6O5. The molecule has 0 bridgehead atoms. The molecule has 11 nitrogen and oxygen atoms in total. The van der Waals surface area contributed by atoms with Gasteiger partial charge in [-0.1, -0.05) is 23.7 Å². The summed E-state index contributed by atoms with van der Waals surface area (Å²) in [4.78, 5) is 26.1. The van der Waals surface area contributed by atoms with Crippen molar-refractivity contribution in [2.24, 2.45) is 0 Å². The predicted octanol–water partition coefficient (Wildman–Crippen LogP) is 3.06. The number of aromatic nitrogens is 5. The molecule has 37 heavy (non-hydrogen) atoms. The van der Waals surface area contributed by atoms with Crippen molar-refractivity contribution in [2.45, 2.75) is 6.61 Å². The minimum atomic E-state index is -0.564. The molecule has 1 amide bonds. The largest absolute Gasteiger partial charge is 0.486 e. The fourth-order valence-corrected chi connectivity index (χ4v) is 4.41. The molecule has 2 aromatic carbocycles. The predicted molar refractivity (Wildman–Crippen MR) is 135 cm³/mol. The lowest BCUT2D eigenvalue weighted by Crippen LogP contribution is -2.33. The zero-order valence-electron chi connectivity index (χ0n) is 19.5. The summed E-state index contributed by atoms with van der Waals surface area (Å²) in [5, 5.41) is 13.7. The summed E-state index contributed by atoms with van der Waals surface area (Å²) in [5.74, 6) is 0.533. The lowest BCUT2D eigenvalue weighted by atomic mass is 10.1. The van der Waals surface area contributed by atoms with Gasteiger partial charge in [0, 0.05) is 23.9 Å². The van der Waals surface area contributed by atoms with Gasteiger partial charge in [0.25, 0.3) is 11.5 Å². The Hall–Kier alpha value is -4.48. The van der Waals surface area contributed by atoms with Gasteiger partial charge in [-0.25, -0.2) is 9.19 Å². The topological polar surface area (TPSA) is 122 Å². The molecule has 0 atom stereocenters. The Labute approximate surface area is 214 Å². The molecule has 0 saturated heterocycles. The second-order valence-electron chi connectivity index (χ2n) is 8.22. The first kappa shape index (κ1) is 23.0. The first-order valence-electron chi connectivity index (χ1n) is 11.3. The molecule has 6 rings (SSSR count). The van der Waals surface area contributed by atoms with E-state index < -0.39 is 11.5 Å². The van der Waals surface area contributed by atoms with Gasteiger partial charge in [0.1, 0.15) is 18.7 Å². The Morgan fingerprint density at radius 2 is 1.95 bits per heavy atom. The van der Waals surface area contributed by atoms with Crippen LogP contribution in [0.25, 0.3) is 27.8 Å². The van der Waals surface area contributed by atoms with Crippen molar-refractivity contribution in [2.75, 3.05) is 25.7 Å². The van der Waals surface area contributed by atoms with E-state index in [9.17, 15) is 9.59 Å². The highest BCUT2D eigenvalue weighted by atomic mass is 35.5. The van der Waals surface area contributed by atoms with Crippen LogP contribution in [0.5, 0.6) is 11.5 Å². The molecule has 0 fully saturated rings. The summed E-state index contributed by atoms with van der Waals surface area (Å²) in [6, 6.07) is 13.7. The Bertz CT molecular complexity index is 1750. The standard InChI is InChI=1S/C25H19ClN6O5/c1-35-13-17-21(14-3-2-4-16(26)11-14)23-28-27-22-18(32(23)29-17)7-8-31(25(22)34)30-24(33)15-5-6-19-20(12-15)37-10-9-36-19/h2-8,11-12H,9-10,13H2,1H3,(H,30,33). The van der Waals surface area contributed by atoms with E-state index in [1.807, 2.05) is 12.1 Å². The average molecular weight is 519 g/mol. The number of amides is 1. The number of pyridine rings is 1. The van der Waals surface area contributed by atoms with Gasteiger partial charge in [0.2, 0.25) is 0 Å². The molecule has 0 saturated carbocycles. The van der Waals surface area contributed by atoms with Gasteiger partial charge in [-0.3, -0.25) is 15.0 Å². The first-order valence-corrected chi connectivity index (χ1v) is 11.7. The van der Waals surface area contributed by atoms with E-state index in [4.69, 9.17) is 25.8 Å². The van der Waals surface area contributed by atoms with Gasteiger partial charge < -0.3 is 14.2 Å². The van der Waals surface area contributed by atoms with Crippen molar-refractivity contribution < 1.29 is 19.0 Å². The maximum Gasteiger partial charge on any atom is 0.299 e. The summed E-state index contributed by atoms with van der Waals surface area (Å²) in [7, 11) is 1.57. The van der Waals surface area contributed by atoms with Crippen LogP contribution in [0.1, 0.15) is 16.1 Å². The maximum absolute atomic E-state index is 13.2.